The highest BCUT2D eigenvalue weighted by Gasteiger charge is 2.01. The smallest absolute Gasteiger partial charge is 0.309 e. The summed E-state index contributed by atoms with van der Waals surface area (Å²) < 4.78 is 4.50. The third-order valence-corrected chi connectivity index (χ3v) is 0.890. The molecular weight excluding hydrogens is 148 g/mol. The standard InChI is InChI=1S/C7H10O4/c1-2-3-7(10)11-5-4-6(8)9/h2H,1,3-5H2,(H,8,9). The minimum absolute atomic E-state index is 0.0675. The number of hydrogen-bond donors (Lipinski definition) is 1. The molecule has 0 bridgehead atoms. The van der Waals surface area contributed by atoms with Crippen LogP contribution < -0.4 is 0 Å². The van der Waals surface area contributed by atoms with E-state index in [1.54, 1.807) is 0 Å². The van der Waals surface area contributed by atoms with Crippen LogP contribution in [0.25, 0.3) is 0 Å². The quantitative estimate of drug-likeness (QED) is 0.469. The SMILES string of the molecule is C=CCC(=O)OCCC(=O)O. The van der Waals surface area contributed by atoms with Crippen LogP contribution in [0.3, 0.4) is 0 Å². The third-order valence-electron chi connectivity index (χ3n) is 0.890. The summed E-state index contributed by atoms with van der Waals surface area (Å²) >= 11 is 0. The van der Waals surface area contributed by atoms with Gasteiger partial charge in [0.15, 0.2) is 0 Å². The molecule has 0 heterocycles. The van der Waals surface area contributed by atoms with Gasteiger partial charge in [-0.15, -0.1) is 6.58 Å². The van der Waals surface area contributed by atoms with E-state index < -0.39 is 11.9 Å². The molecule has 11 heavy (non-hydrogen) atoms. The highest BCUT2D eigenvalue weighted by atomic mass is 16.5. The Morgan fingerprint density at radius 1 is 1.55 bits per heavy atom. The summed E-state index contributed by atoms with van der Waals surface area (Å²) in [7, 11) is 0. The molecule has 0 unspecified atom stereocenters. The van der Waals surface area contributed by atoms with Crippen molar-refractivity contribution in [1.29, 1.82) is 0 Å². The van der Waals surface area contributed by atoms with Gasteiger partial charge in [0.1, 0.15) is 6.61 Å². The molecule has 0 aliphatic heterocycles. The molecule has 0 fully saturated rings. The molecule has 0 aliphatic carbocycles. The van der Waals surface area contributed by atoms with E-state index in [0.717, 1.165) is 0 Å². The van der Waals surface area contributed by atoms with Gasteiger partial charge in [-0.25, -0.2) is 0 Å². The van der Waals surface area contributed by atoms with Gasteiger partial charge in [0.25, 0.3) is 0 Å². The predicted molar refractivity (Wildman–Crippen MR) is 38.0 cm³/mol. The Hall–Kier alpha value is -1.32. The van der Waals surface area contributed by atoms with Gasteiger partial charge in [0.2, 0.25) is 0 Å². The fourth-order valence-electron chi connectivity index (χ4n) is 0.429. The van der Waals surface area contributed by atoms with Gasteiger partial charge >= 0.3 is 11.9 Å². The van der Waals surface area contributed by atoms with Gasteiger partial charge in [-0.3, -0.25) is 9.59 Å². The van der Waals surface area contributed by atoms with E-state index in [-0.39, 0.29) is 19.4 Å². The summed E-state index contributed by atoms with van der Waals surface area (Å²) in [5, 5.41) is 8.14. The van der Waals surface area contributed by atoms with Crippen LogP contribution in [0.2, 0.25) is 0 Å². The fourth-order valence-corrected chi connectivity index (χ4v) is 0.429. The van der Waals surface area contributed by atoms with Crippen molar-refractivity contribution in [2.75, 3.05) is 6.61 Å². The van der Waals surface area contributed by atoms with Crippen LogP contribution in [0, 0.1) is 0 Å². The minimum Gasteiger partial charge on any atom is -0.481 e. The van der Waals surface area contributed by atoms with Crippen LogP contribution in [0.1, 0.15) is 12.8 Å². The molecule has 0 radical (unpaired) electrons. The third kappa shape index (κ3) is 6.57. The summed E-state index contributed by atoms with van der Waals surface area (Å²) in [6, 6.07) is 0. The van der Waals surface area contributed by atoms with E-state index in [1.807, 2.05) is 0 Å². The first-order valence-corrected chi connectivity index (χ1v) is 3.15. The Labute approximate surface area is 64.5 Å². The summed E-state index contributed by atoms with van der Waals surface area (Å²) in [6.45, 7) is 3.26. The van der Waals surface area contributed by atoms with Crippen LogP contribution in [-0.4, -0.2) is 23.7 Å². The van der Waals surface area contributed by atoms with Crippen molar-refractivity contribution in [3.05, 3.63) is 12.7 Å². The monoisotopic (exact) mass is 158 g/mol. The molecule has 0 aromatic rings. The molecule has 0 spiro atoms. The first-order valence-electron chi connectivity index (χ1n) is 3.15. The lowest BCUT2D eigenvalue weighted by Gasteiger charge is -1.98. The lowest BCUT2D eigenvalue weighted by molar-refractivity contribution is -0.145. The maximum absolute atomic E-state index is 10.5. The molecule has 0 atom stereocenters. The van der Waals surface area contributed by atoms with Crippen LogP contribution in [-0.2, 0) is 14.3 Å². The second kappa shape index (κ2) is 5.46. The van der Waals surface area contributed by atoms with Gasteiger partial charge < -0.3 is 9.84 Å². The summed E-state index contributed by atoms with van der Waals surface area (Å²) in [6.07, 6.45) is 1.38. The number of carbonyl (C=O) groups is 2. The number of ether oxygens (including phenoxy) is 1. The van der Waals surface area contributed by atoms with Gasteiger partial charge in [0.05, 0.1) is 12.8 Å². The van der Waals surface area contributed by atoms with Gasteiger partial charge in [-0.2, -0.15) is 0 Å². The summed E-state index contributed by atoms with van der Waals surface area (Å²) in [5.74, 6) is -1.42. The van der Waals surface area contributed by atoms with Crippen molar-refractivity contribution in [2.24, 2.45) is 0 Å². The minimum atomic E-state index is -0.976. The van der Waals surface area contributed by atoms with E-state index >= 15 is 0 Å². The number of esters is 1. The van der Waals surface area contributed by atoms with Crippen molar-refractivity contribution >= 4 is 11.9 Å². The molecule has 1 N–H and O–H groups in total. The maximum atomic E-state index is 10.5. The highest BCUT2D eigenvalue weighted by molar-refractivity contribution is 5.72. The largest absolute Gasteiger partial charge is 0.481 e. The van der Waals surface area contributed by atoms with E-state index in [1.165, 1.54) is 6.08 Å². The van der Waals surface area contributed by atoms with Gasteiger partial charge in [-0.05, 0) is 0 Å². The molecule has 4 heteroatoms. The molecule has 62 valence electrons. The van der Waals surface area contributed by atoms with Crippen LogP contribution in [0.4, 0.5) is 0 Å². The molecule has 0 aromatic carbocycles. The van der Waals surface area contributed by atoms with Gasteiger partial charge in [-0.1, -0.05) is 6.08 Å². The molecular formula is C7H10O4. The Bertz CT molecular complexity index is 162. The van der Waals surface area contributed by atoms with Crippen molar-refractivity contribution in [1.82, 2.24) is 0 Å². The van der Waals surface area contributed by atoms with Gasteiger partial charge in [0, 0.05) is 0 Å². The summed E-state index contributed by atoms with van der Waals surface area (Å²) in [4.78, 5) is 20.5. The molecule has 0 aromatic heterocycles. The lowest BCUT2D eigenvalue weighted by Crippen LogP contribution is -2.08. The zero-order valence-electron chi connectivity index (χ0n) is 6.08. The Morgan fingerprint density at radius 2 is 2.18 bits per heavy atom. The molecule has 0 rings (SSSR count). The molecule has 0 saturated heterocycles. The molecule has 0 aliphatic rings. The topological polar surface area (TPSA) is 63.6 Å². The predicted octanol–water partition coefficient (Wildman–Crippen LogP) is 0.580. The first-order chi connectivity index (χ1) is 5.16. The number of carboxylic acids is 1. The first kappa shape index (κ1) is 9.68. The number of hydrogen-bond acceptors (Lipinski definition) is 3. The zero-order chi connectivity index (χ0) is 8.69. The normalized spacial score (nSPS) is 8.73. The van der Waals surface area contributed by atoms with E-state index in [9.17, 15) is 9.59 Å². The summed E-state index contributed by atoms with van der Waals surface area (Å²) in [5.41, 5.74) is 0. The second-order valence-corrected chi connectivity index (χ2v) is 1.86. The molecule has 0 saturated carbocycles. The second-order valence-electron chi connectivity index (χ2n) is 1.86. The number of aliphatic carboxylic acids is 1. The fraction of sp³-hybridized carbons (Fsp3) is 0.429. The molecule has 4 nitrogen and oxygen atoms in total. The Kier molecular flexibility index (Phi) is 4.81. The average Bonchev–Trinajstić information content (AvgIpc) is 1.87. The number of carbonyl (C=O) groups excluding carboxylic acids is 1. The van der Waals surface area contributed by atoms with Crippen molar-refractivity contribution in [2.45, 2.75) is 12.8 Å². The maximum Gasteiger partial charge on any atom is 0.309 e. The average molecular weight is 158 g/mol. The van der Waals surface area contributed by atoms with E-state index in [4.69, 9.17) is 5.11 Å². The number of carboxylic acid groups (broad SMARTS) is 1. The van der Waals surface area contributed by atoms with Crippen LogP contribution >= 0.6 is 0 Å². The van der Waals surface area contributed by atoms with Crippen molar-refractivity contribution in [3.8, 4) is 0 Å². The number of rotatable bonds is 5. The molecule has 0 amide bonds. The lowest BCUT2D eigenvalue weighted by atomic mass is 10.4. The van der Waals surface area contributed by atoms with Crippen LogP contribution in [0.5, 0.6) is 0 Å². The highest BCUT2D eigenvalue weighted by Crippen LogP contribution is 1.88. The Morgan fingerprint density at radius 3 is 2.64 bits per heavy atom. The Balaban J connectivity index is 3.31. The van der Waals surface area contributed by atoms with Crippen LogP contribution in [0.15, 0.2) is 12.7 Å². The van der Waals surface area contributed by atoms with Crippen molar-refractivity contribution in [3.63, 3.8) is 0 Å². The van der Waals surface area contributed by atoms with Crippen molar-refractivity contribution < 1.29 is 19.4 Å². The van der Waals surface area contributed by atoms with E-state index in [2.05, 4.69) is 11.3 Å². The zero-order valence-corrected chi connectivity index (χ0v) is 6.08. The van der Waals surface area contributed by atoms with E-state index in [0.29, 0.717) is 0 Å².